The lowest BCUT2D eigenvalue weighted by molar-refractivity contribution is 0.0804. The fourth-order valence-corrected chi connectivity index (χ4v) is 0.761. The van der Waals surface area contributed by atoms with E-state index in [4.69, 9.17) is 15.7 Å². The molecule has 13 heavy (non-hydrogen) atoms. The SMILES string of the molecule is CC(C)OCCNC(C)C(N)=NO. The van der Waals surface area contributed by atoms with Gasteiger partial charge in [0.25, 0.3) is 0 Å². The van der Waals surface area contributed by atoms with Crippen molar-refractivity contribution in [1.82, 2.24) is 5.32 Å². The molecule has 0 fully saturated rings. The molecule has 0 aromatic carbocycles. The summed E-state index contributed by atoms with van der Waals surface area (Å²) in [6.07, 6.45) is 0.237. The van der Waals surface area contributed by atoms with Crippen molar-refractivity contribution < 1.29 is 9.94 Å². The van der Waals surface area contributed by atoms with Crippen LogP contribution in [0.3, 0.4) is 0 Å². The lowest BCUT2D eigenvalue weighted by Crippen LogP contribution is -2.40. The van der Waals surface area contributed by atoms with Crippen LogP contribution in [-0.2, 0) is 4.74 Å². The number of nitrogens with zero attached hydrogens (tertiary/aromatic N) is 1. The highest BCUT2D eigenvalue weighted by atomic mass is 16.5. The van der Waals surface area contributed by atoms with Crippen LogP contribution in [0, 0.1) is 0 Å². The number of hydrogen-bond donors (Lipinski definition) is 3. The predicted molar refractivity (Wildman–Crippen MR) is 52.0 cm³/mol. The van der Waals surface area contributed by atoms with Gasteiger partial charge in [0.1, 0.15) is 0 Å². The molecule has 0 aromatic heterocycles. The third kappa shape index (κ3) is 6.36. The molecule has 0 bridgehead atoms. The molecule has 0 heterocycles. The van der Waals surface area contributed by atoms with E-state index >= 15 is 0 Å². The first kappa shape index (κ1) is 12.2. The van der Waals surface area contributed by atoms with E-state index in [1.54, 1.807) is 0 Å². The molecule has 0 saturated heterocycles. The van der Waals surface area contributed by atoms with Crippen LogP contribution in [0.5, 0.6) is 0 Å². The van der Waals surface area contributed by atoms with Gasteiger partial charge in [-0.1, -0.05) is 5.16 Å². The molecule has 0 spiro atoms. The Morgan fingerprint density at radius 3 is 2.62 bits per heavy atom. The molecule has 0 aromatic rings. The van der Waals surface area contributed by atoms with Crippen molar-refractivity contribution in [3.63, 3.8) is 0 Å². The van der Waals surface area contributed by atoms with Crippen LogP contribution in [-0.4, -0.2) is 36.3 Å². The first-order valence-corrected chi connectivity index (χ1v) is 4.40. The Morgan fingerprint density at radius 2 is 2.15 bits per heavy atom. The Balaban J connectivity index is 3.43. The molecule has 78 valence electrons. The average molecular weight is 189 g/mol. The average Bonchev–Trinajstić information content (AvgIpc) is 2.10. The zero-order chi connectivity index (χ0) is 10.3. The minimum atomic E-state index is -0.124. The van der Waals surface area contributed by atoms with E-state index in [0.717, 1.165) is 0 Å². The zero-order valence-corrected chi connectivity index (χ0v) is 8.45. The third-order valence-corrected chi connectivity index (χ3v) is 1.56. The van der Waals surface area contributed by atoms with Gasteiger partial charge in [-0.25, -0.2) is 0 Å². The fourth-order valence-electron chi connectivity index (χ4n) is 0.761. The van der Waals surface area contributed by atoms with Crippen molar-refractivity contribution in [1.29, 1.82) is 0 Å². The predicted octanol–water partition coefficient (Wildman–Crippen LogP) is 0.136. The summed E-state index contributed by atoms with van der Waals surface area (Å²) in [6.45, 7) is 7.10. The van der Waals surface area contributed by atoms with Gasteiger partial charge in [-0.2, -0.15) is 0 Å². The highest BCUT2D eigenvalue weighted by molar-refractivity contribution is 5.84. The molecular formula is C8H19N3O2. The van der Waals surface area contributed by atoms with Crippen LogP contribution in [0.2, 0.25) is 0 Å². The monoisotopic (exact) mass is 189 g/mol. The highest BCUT2D eigenvalue weighted by Gasteiger charge is 2.05. The Bertz CT molecular complexity index is 159. The topological polar surface area (TPSA) is 79.9 Å². The van der Waals surface area contributed by atoms with Crippen molar-refractivity contribution in [3.8, 4) is 0 Å². The minimum Gasteiger partial charge on any atom is -0.409 e. The Hall–Kier alpha value is -0.810. The van der Waals surface area contributed by atoms with Gasteiger partial charge in [-0.3, -0.25) is 0 Å². The maximum absolute atomic E-state index is 8.34. The second-order valence-electron chi connectivity index (χ2n) is 3.12. The molecule has 4 N–H and O–H groups in total. The first-order valence-electron chi connectivity index (χ1n) is 4.40. The van der Waals surface area contributed by atoms with Gasteiger partial charge in [0.05, 0.1) is 18.8 Å². The van der Waals surface area contributed by atoms with Gasteiger partial charge >= 0.3 is 0 Å². The molecule has 1 atom stereocenters. The van der Waals surface area contributed by atoms with E-state index in [-0.39, 0.29) is 18.0 Å². The molecule has 1 unspecified atom stereocenters. The Kier molecular flexibility index (Phi) is 6.26. The molecular weight excluding hydrogens is 170 g/mol. The normalized spacial score (nSPS) is 14.9. The number of oxime groups is 1. The standard InChI is InChI=1S/C8H19N3O2/c1-6(2)13-5-4-10-7(3)8(9)11-12/h6-7,10,12H,4-5H2,1-3H3,(H2,9,11). The van der Waals surface area contributed by atoms with E-state index in [1.807, 2.05) is 20.8 Å². The second kappa shape index (κ2) is 6.68. The quantitative estimate of drug-likeness (QED) is 0.182. The van der Waals surface area contributed by atoms with E-state index in [2.05, 4.69) is 10.5 Å². The molecule has 0 aliphatic carbocycles. The van der Waals surface area contributed by atoms with Crippen LogP contribution >= 0.6 is 0 Å². The molecule has 0 aliphatic rings. The van der Waals surface area contributed by atoms with Crippen LogP contribution in [0.1, 0.15) is 20.8 Å². The van der Waals surface area contributed by atoms with Crippen molar-refractivity contribution in [2.45, 2.75) is 32.9 Å². The van der Waals surface area contributed by atoms with Crippen LogP contribution < -0.4 is 11.1 Å². The molecule has 0 amide bonds. The number of nitrogens with two attached hydrogens (primary N) is 1. The molecule has 0 rings (SSSR count). The number of hydrogen-bond acceptors (Lipinski definition) is 4. The summed E-state index contributed by atoms with van der Waals surface area (Å²) in [7, 11) is 0. The molecule has 0 radical (unpaired) electrons. The maximum atomic E-state index is 8.34. The minimum absolute atomic E-state index is 0.124. The zero-order valence-electron chi connectivity index (χ0n) is 8.45. The van der Waals surface area contributed by atoms with Gasteiger partial charge in [0.15, 0.2) is 5.84 Å². The van der Waals surface area contributed by atoms with Gasteiger partial charge < -0.3 is 21.0 Å². The maximum Gasteiger partial charge on any atom is 0.156 e. The number of nitrogens with one attached hydrogen (secondary N) is 1. The highest BCUT2D eigenvalue weighted by Crippen LogP contribution is 1.86. The number of rotatable bonds is 6. The second-order valence-corrected chi connectivity index (χ2v) is 3.12. The van der Waals surface area contributed by atoms with E-state index in [1.165, 1.54) is 0 Å². The Labute approximate surface area is 78.9 Å². The summed E-state index contributed by atoms with van der Waals surface area (Å²) in [5, 5.41) is 14.3. The van der Waals surface area contributed by atoms with Crippen molar-refractivity contribution in [2.75, 3.05) is 13.2 Å². The van der Waals surface area contributed by atoms with Crippen LogP contribution in [0.25, 0.3) is 0 Å². The fraction of sp³-hybridized carbons (Fsp3) is 0.875. The summed E-state index contributed by atoms with van der Waals surface area (Å²) >= 11 is 0. The van der Waals surface area contributed by atoms with Gasteiger partial charge in [0, 0.05) is 6.54 Å². The van der Waals surface area contributed by atoms with E-state index in [9.17, 15) is 0 Å². The van der Waals surface area contributed by atoms with Crippen molar-refractivity contribution in [3.05, 3.63) is 0 Å². The lowest BCUT2D eigenvalue weighted by atomic mass is 10.3. The van der Waals surface area contributed by atoms with Crippen molar-refractivity contribution >= 4 is 5.84 Å². The summed E-state index contributed by atoms with van der Waals surface area (Å²) in [4.78, 5) is 0. The number of amidine groups is 1. The summed E-state index contributed by atoms with van der Waals surface area (Å²) in [5.41, 5.74) is 5.36. The van der Waals surface area contributed by atoms with Gasteiger partial charge in [0.2, 0.25) is 0 Å². The first-order chi connectivity index (χ1) is 6.07. The lowest BCUT2D eigenvalue weighted by Gasteiger charge is -2.13. The van der Waals surface area contributed by atoms with Gasteiger partial charge in [-0.15, -0.1) is 0 Å². The van der Waals surface area contributed by atoms with E-state index in [0.29, 0.717) is 13.2 Å². The van der Waals surface area contributed by atoms with Crippen molar-refractivity contribution in [2.24, 2.45) is 10.9 Å². The van der Waals surface area contributed by atoms with E-state index < -0.39 is 0 Å². The smallest absolute Gasteiger partial charge is 0.156 e. The number of ether oxygens (including phenoxy) is 1. The largest absolute Gasteiger partial charge is 0.409 e. The molecule has 5 nitrogen and oxygen atoms in total. The molecule has 5 heteroatoms. The third-order valence-electron chi connectivity index (χ3n) is 1.56. The van der Waals surface area contributed by atoms with Crippen LogP contribution in [0.15, 0.2) is 5.16 Å². The molecule has 0 aliphatic heterocycles. The van der Waals surface area contributed by atoms with Gasteiger partial charge in [-0.05, 0) is 20.8 Å². The molecule has 0 saturated carbocycles. The summed E-state index contributed by atoms with van der Waals surface area (Å²) < 4.78 is 5.30. The Morgan fingerprint density at radius 1 is 1.54 bits per heavy atom. The summed E-state index contributed by atoms with van der Waals surface area (Å²) in [5.74, 6) is 0.185. The van der Waals surface area contributed by atoms with Crippen LogP contribution in [0.4, 0.5) is 0 Å². The summed E-state index contributed by atoms with van der Waals surface area (Å²) in [6, 6.07) is -0.124.